The average Bonchev–Trinajstić information content (AvgIpc) is 2.25. The fourth-order valence-electron chi connectivity index (χ4n) is 1.21. The largest absolute Gasteiger partial charge is 0.378 e. The van der Waals surface area contributed by atoms with Crippen molar-refractivity contribution in [2.24, 2.45) is 0 Å². The molecule has 4 heteroatoms. The molecule has 1 heterocycles. The molecule has 1 fully saturated rings. The first-order chi connectivity index (χ1) is 6.83. The van der Waals surface area contributed by atoms with Crippen molar-refractivity contribution in [1.29, 1.82) is 0 Å². The van der Waals surface area contributed by atoms with Crippen molar-refractivity contribution in [1.82, 2.24) is 10.2 Å². The monoisotopic (exact) mass is 198 g/mol. The highest BCUT2D eigenvalue weighted by molar-refractivity contribution is 5.87. The van der Waals surface area contributed by atoms with Crippen molar-refractivity contribution >= 4 is 5.91 Å². The van der Waals surface area contributed by atoms with Crippen LogP contribution < -0.4 is 5.32 Å². The predicted molar refractivity (Wildman–Crippen MR) is 54.8 cm³/mol. The van der Waals surface area contributed by atoms with Gasteiger partial charge < -0.3 is 15.0 Å². The van der Waals surface area contributed by atoms with E-state index in [2.05, 4.69) is 10.2 Å². The Kier molecular flexibility index (Phi) is 5.07. The van der Waals surface area contributed by atoms with E-state index in [1.807, 2.05) is 13.1 Å². The van der Waals surface area contributed by atoms with Crippen LogP contribution in [-0.2, 0) is 9.53 Å². The molecule has 0 spiro atoms. The van der Waals surface area contributed by atoms with Crippen LogP contribution in [0.1, 0.15) is 13.3 Å². The molecule has 1 rings (SSSR count). The zero-order chi connectivity index (χ0) is 10.2. The van der Waals surface area contributed by atoms with Crippen LogP contribution in [0.25, 0.3) is 0 Å². The van der Waals surface area contributed by atoms with Gasteiger partial charge in [-0.1, -0.05) is 6.92 Å². The molecule has 1 amide bonds. The number of amides is 1. The van der Waals surface area contributed by atoms with E-state index in [0.29, 0.717) is 0 Å². The number of ether oxygens (including phenoxy) is 1. The summed E-state index contributed by atoms with van der Waals surface area (Å²) in [5.41, 5.74) is 0. The Morgan fingerprint density at radius 1 is 1.50 bits per heavy atom. The van der Waals surface area contributed by atoms with E-state index in [4.69, 9.17) is 4.74 Å². The van der Waals surface area contributed by atoms with Crippen molar-refractivity contribution in [3.05, 3.63) is 12.3 Å². The van der Waals surface area contributed by atoms with Crippen LogP contribution in [0.5, 0.6) is 0 Å². The number of hydrogen-bond acceptors (Lipinski definition) is 3. The Morgan fingerprint density at radius 3 is 2.86 bits per heavy atom. The summed E-state index contributed by atoms with van der Waals surface area (Å²) >= 11 is 0. The summed E-state index contributed by atoms with van der Waals surface area (Å²) in [6.07, 6.45) is 4.39. The van der Waals surface area contributed by atoms with E-state index in [0.717, 1.165) is 39.3 Å². The number of nitrogens with zero attached hydrogens (tertiary/aromatic N) is 1. The molecule has 4 nitrogen and oxygen atoms in total. The van der Waals surface area contributed by atoms with Gasteiger partial charge in [0.1, 0.15) is 0 Å². The quantitative estimate of drug-likeness (QED) is 0.663. The highest BCUT2D eigenvalue weighted by Gasteiger charge is 2.05. The van der Waals surface area contributed by atoms with Crippen molar-refractivity contribution in [2.75, 3.05) is 32.8 Å². The van der Waals surface area contributed by atoms with Crippen LogP contribution in [-0.4, -0.2) is 43.7 Å². The molecule has 0 bridgehead atoms. The summed E-state index contributed by atoms with van der Waals surface area (Å²) in [5, 5.41) is 2.79. The van der Waals surface area contributed by atoms with Gasteiger partial charge in [0.15, 0.2) is 0 Å². The first-order valence-corrected chi connectivity index (χ1v) is 5.10. The number of morpholine rings is 1. The van der Waals surface area contributed by atoms with E-state index >= 15 is 0 Å². The molecule has 1 saturated heterocycles. The minimum atomic E-state index is -0.0154. The fourth-order valence-corrected chi connectivity index (χ4v) is 1.21. The molecule has 1 N–H and O–H groups in total. The lowest BCUT2D eigenvalue weighted by molar-refractivity contribution is -0.116. The van der Waals surface area contributed by atoms with Gasteiger partial charge in [-0.3, -0.25) is 4.79 Å². The van der Waals surface area contributed by atoms with Crippen LogP contribution in [0.2, 0.25) is 0 Å². The Balaban J connectivity index is 2.20. The predicted octanol–water partition coefficient (Wildman–Crippen LogP) is 0.358. The van der Waals surface area contributed by atoms with Gasteiger partial charge in [0.05, 0.1) is 13.2 Å². The van der Waals surface area contributed by atoms with Gasteiger partial charge in [0.2, 0.25) is 5.91 Å². The normalized spacial score (nSPS) is 17.4. The van der Waals surface area contributed by atoms with Crippen molar-refractivity contribution in [3.8, 4) is 0 Å². The van der Waals surface area contributed by atoms with E-state index in [9.17, 15) is 4.79 Å². The molecule has 0 saturated carbocycles. The van der Waals surface area contributed by atoms with E-state index in [-0.39, 0.29) is 5.91 Å². The van der Waals surface area contributed by atoms with Gasteiger partial charge in [0, 0.05) is 31.9 Å². The highest BCUT2D eigenvalue weighted by atomic mass is 16.5. The zero-order valence-electron chi connectivity index (χ0n) is 8.66. The minimum absolute atomic E-state index is 0.0154. The lowest BCUT2D eigenvalue weighted by Gasteiger charge is -2.24. The van der Waals surface area contributed by atoms with Crippen molar-refractivity contribution < 1.29 is 9.53 Å². The van der Waals surface area contributed by atoms with Crippen LogP contribution in [0.3, 0.4) is 0 Å². The summed E-state index contributed by atoms with van der Waals surface area (Å²) in [6, 6.07) is 0. The lowest BCUT2D eigenvalue weighted by atomic mass is 10.4. The second-order valence-electron chi connectivity index (χ2n) is 3.26. The maximum absolute atomic E-state index is 11.2. The summed E-state index contributed by atoms with van der Waals surface area (Å²) in [6.45, 7) is 6.02. The lowest BCUT2D eigenvalue weighted by Crippen LogP contribution is -2.32. The maximum atomic E-state index is 11.2. The summed E-state index contributed by atoms with van der Waals surface area (Å²) in [4.78, 5) is 13.3. The highest BCUT2D eigenvalue weighted by Crippen LogP contribution is 1.96. The average molecular weight is 198 g/mol. The molecule has 0 unspecified atom stereocenters. The number of rotatable bonds is 4. The topological polar surface area (TPSA) is 41.6 Å². The molecule has 1 aliphatic heterocycles. The molecule has 80 valence electrons. The van der Waals surface area contributed by atoms with Crippen LogP contribution in [0.4, 0.5) is 0 Å². The molecule has 0 aromatic carbocycles. The molecule has 1 aliphatic rings. The van der Waals surface area contributed by atoms with Gasteiger partial charge in [0.25, 0.3) is 0 Å². The van der Waals surface area contributed by atoms with Gasteiger partial charge >= 0.3 is 0 Å². The summed E-state index contributed by atoms with van der Waals surface area (Å²) in [5.74, 6) is -0.0154. The third kappa shape index (κ3) is 4.28. The number of carbonyl (C=O) groups is 1. The van der Waals surface area contributed by atoms with Gasteiger partial charge in [-0.15, -0.1) is 0 Å². The van der Waals surface area contributed by atoms with E-state index < -0.39 is 0 Å². The fraction of sp³-hybridized carbons (Fsp3) is 0.700. The Hall–Kier alpha value is -1.03. The molecule has 0 atom stereocenters. The first-order valence-electron chi connectivity index (χ1n) is 5.10. The summed E-state index contributed by atoms with van der Waals surface area (Å²) < 4.78 is 5.20. The third-order valence-electron chi connectivity index (χ3n) is 2.03. The Bertz CT molecular complexity index is 198. The molecule has 0 aromatic heterocycles. The zero-order valence-corrected chi connectivity index (χ0v) is 8.66. The van der Waals surface area contributed by atoms with Crippen LogP contribution >= 0.6 is 0 Å². The smallest absolute Gasteiger partial charge is 0.245 e. The number of hydrogen-bond donors (Lipinski definition) is 1. The van der Waals surface area contributed by atoms with Crippen molar-refractivity contribution in [3.63, 3.8) is 0 Å². The standard InChI is InChI=1S/C10H18N2O2/c1-2-4-11-10(13)3-5-12-6-8-14-9-7-12/h3,5H,2,4,6-9H2,1H3,(H,11,13). The second-order valence-corrected chi connectivity index (χ2v) is 3.26. The summed E-state index contributed by atoms with van der Waals surface area (Å²) in [7, 11) is 0. The SMILES string of the molecule is CCCNC(=O)C=CN1CCOCC1. The van der Waals surface area contributed by atoms with Gasteiger partial charge in [-0.2, -0.15) is 0 Å². The number of carbonyl (C=O) groups excluding carboxylic acids is 1. The van der Waals surface area contributed by atoms with E-state index in [1.165, 1.54) is 0 Å². The minimum Gasteiger partial charge on any atom is -0.378 e. The molecular weight excluding hydrogens is 180 g/mol. The molecule has 14 heavy (non-hydrogen) atoms. The van der Waals surface area contributed by atoms with E-state index in [1.54, 1.807) is 6.08 Å². The van der Waals surface area contributed by atoms with Crippen molar-refractivity contribution in [2.45, 2.75) is 13.3 Å². The molecule has 0 aliphatic carbocycles. The maximum Gasteiger partial charge on any atom is 0.245 e. The van der Waals surface area contributed by atoms with Crippen LogP contribution in [0, 0.1) is 0 Å². The second kappa shape index (κ2) is 6.43. The van der Waals surface area contributed by atoms with Gasteiger partial charge in [-0.05, 0) is 6.42 Å². The van der Waals surface area contributed by atoms with Gasteiger partial charge in [-0.25, -0.2) is 0 Å². The Morgan fingerprint density at radius 2 is 2.21 bits per heavy atom. The third-order valence-corrected chi connectivity index (χ3v) is 2.03. The number of nitrogens with one attached hydrogen (secondary N) is 1. The molecular formula is C10H18N2O2. The molecule has 0 aromatic rings. The first kappa shape index (κ1) is 11.0. The van der Waals surface area contributed by atoms with Crippen LogP contribution in [0.15, 0.2) is 12.3 Å². The molecule has 0 radical (unpaired) electrons. The Labute approximate surface area is 84.9 Å².